The number of ether oxygens (including phenoxy) is 1. The highest BCUT2D eigenvalue weighted by Crippen LogP contribution is 2.24. The highest BCUT2D eigenvalue weighted by molar-refractivity contribution is 5.62. The molecule has 0 amide bonds. The van der Waals surface area contributed by atoms with Crippen molar-refractivity contribution in [1.82, 2.24) is 9.97 Å². The third-order valence-corrected chi connectivity index (χ3v) is 2.87. The average molecular weight is 274 g/mol. The summed E-state index contributed by atoms with van der Waals surface area (Å²) >= 11 is 0. The number of aliphatic hydroxyl groups is 1. The summed E-state index contributed by atoms with van der Waals surface area (Å²) in [4.78, 5) is 10.3. The van der Waals surface area contributed by atoms with Gasteiger partial charge < -0.3 is 20.1 Å². The van der Waals surface area contributed by atoms with Crippen LogP contribution in [0.5, 0.6) is 5.75 Å². The molecule has 6 nitrogen and oxygen atoms in total. The predicted molar refractivity (Wildman–Crippen MR) is 78.7 cm³/mol. The maximum absolute atomic E-state index is 8.81. The normalized spacial score (nSPS) is 10.2. The number of hydrogen-bond donors (Lipinski definition) is 2. The molecule has 6 heteroatoms. The highest BCUT2D eigenvalue weighted by Gasteiger charge is 2.07. The quantitative estimate of drug-likeness (QED) is 0.835. The number of aliphatic hydroxyl groups excluding tert-OH is 1. The Bertz CT molecular complexity index is 545. The van der Waals surface area contributed by atoms with Crippen molar-refractivity contribution in [2.45, 2.75) is 0 Å². The van der Waals surface area contributed by atoms with E-state index in [0.29, 0.717) is 12.4 Å². The summed E-state index contributed by atoms with van der Waals surface area (Å²) in [5, 5.41) is 11.8. The molecule has 0 radical (unpaired) electrons. The molecule has 2 rings (SSSR count). The van der Waals surface area contributed by atoms with Crippen LogP contribution in [-0.4, -0.2) is 42.4 Å². The van der Waals surface area contributed by atoms with E-state index in [1.807, 2.05) is 42.3 Å². The minimum Gasteiger partial charge on any atom is -0.497 e. The summed E-state index contributed by atoms with van der Waals surface area (Å²) in [6.45, 7) is 0.524. The van der Waals surface area contributed by atoms with Crippen molar-refractivity contribution in [2.24, 2.45) is 0 Å². The lowest BCUT2D eigenvalue weighted by Crippen LogP contribution is -2.13. The Balaban J connectivity index is 2.16. The van der Waals surface area contributed by atoms with Crippen LogP contribution in [0, 0.1) is 0 Å². The van der Waals surface area contributed by atoms with Gasteiger partial charge in [0.15, 0.2) is 0 Å². The zero-order valence-corrected chi connectivity index (χ0v) is 11.6. The molecule has 1 aromatic carbocycles. The van der Waals surface area contributed by atoms with Crippen LogP contribution in [-0.2, 0) is 0 Å². The molecule has 0 aliphatic carbocycles. The molecule has 2 N–H and O–H groups in total. The van der Waals surface area contributed by atoms with Gasteiger partial charge in [0, 0.05) is 25.3 Å². The molecule has 1 aromatic heterocycles. The van der Waals surface area contributed by atoms with E-state index in [1.165, 1.54) is 6.33 Å². The Morgan fingerprint density at radius 1 is 1.25 bits per heavy atom. The van der Waals surface area contributed by atoms with Crippen molar-refractivity contribution < 1.29 is 9.84 Å². The monoisotopic (exact) mass is 274 g/mol. The lowest BCUT2D eigenvalue weighted by molar-refractivity contribution is 0.311. The van der Waals surface area contributed by atoms with Gasteiger partial charge in [-0.05, 0) is 24.3 Å². The molecule has 0 aliphatic heterocycles. The van der Waals surface area contributed by atoms with Gasteiger partial charge in [0.05, 0.1) is 13.7 Å². The van der Waals surface area contributed by atoms with Crippen LogP contribution in [0.2, 0.25) is 0 Å². The molecule has 0 fully saturated rings. The van der Waals surface area contributed by atoms with Crippen LogP contribution >= 0.6 is 0 Å². The molecular weight excluding hydrogens is 256 g/mol. The lowest BCUT2D eigenvalue weighted by atomic mass is 10.3. The Morgan fingerprint density at radius 2 is 2.00 bits per heavy atom. The van der Waals surface area contributed by atoms with E-state index in [0.717, 1.165) is 17.3 Å². The van der Waals surface area contributed by atoms with Crippen LogP contribution < -0.4 is 15.0 Å². The molecule has 1 heterocycles. The Morgan fingerprint density at radius 3 is 2.65 bits per heavy atom. The number of methoxy groups -OCH3 is 1. The fraction of sp³-hybridized carbons (Fsp3) is 0.286. The van der Waals surface area contributed by atoms with Gasteiger partial charge in [0.25, 0.3) is 0 Å². The average Bonchev–Trinajstić information content (AvgIpc) is 2.52. The van der Waals surface area contributed by atoms with Gasteiger partial charge in [0.2, 0.25) is 0 Å². The summed E-state index contributed by atoms with van der Waals surface area (Å²) in [7, 11) is 3.57. The zero-order valence-electron chi connectivity index (χ0n) is 11.6. The molecule has 0 saturated carbocycles. The fourth-order valence-corrected chi connectivity index (χ4v) is 1.75. The van der Waals surface area contributed by atoms with E-state index < -0.39 is 0 Å². The molecule has 20 heavy (non-hydrogen) atoms. The molecule has 0 saturated heterocycles. The van der Waals surface area contributed by atoms with Gasteiger partial charge in [-0.1, -0.05) is 0 Å². The number of hydrogen-bond acceptors (Lipinski definition) is 6. The Labute approximate surface area is 118 Å². The third kappa shape index (κ3) is 3.36. The summed E-state index contributed by atoms with van der Waals surface area (Å²) in [6.07, 6.45) is 1.50. The molecule has 0 bridgehead atoms. The topological polar surface area (TPSA) is 70.5 Å². The summed E-state index contributed by atoms with van der Waals surface area (Å²) in [5.74, 6) is 2.27. The number of rotatable bonds is 6. The number of anilines is 3. The fourth-order valence-electron chi connectivity index (χ4n) is 1.75. The second-order valence-electron chi connectivity index (χ2n) is 4.17. The second-order valence-corrected chi connectivity index (χ2v) is 4.17. The van der Waals surface area contributed by atoms with Crippen molar-refractivity contribution in [2.75, 3.05) is 37.5 Å². The molecular formula is C14H18N4O2. The molecule has 2 aromatic rings. The van der Waals surface area contributed by atoms with Crippen molar-refractivity contribution in [1.29, 1.82) is 0 Å². The lowest BCUT2D eigenvalue weighted by Gasteiger charge is -2.19. The highest BCUT2D eigenvalue weighted by atomic mass is 16.5. The maximum Gasteiger partial charge on any atom is 0.138 e. The van der Waals surface area contributed by atoms with Crippen LogP contribution in [0.15, 0.2) is 36.7 Å². The molecule has 0 aliphatic rings. The van der Waals surface area contributed by atoms with Crippen LogP contribution in [0.25, 0.3) is 0 Å². The minimum atomic E-state index is 0.0632. The Hall–Kier alpha value is -2.34. The van der Waals surface area contributed by atoms with E-state index in [1.54, 1.807) is 7.11 Å². The number of benzene rings is 1. The number of aromatic nitrogens is 2. The first-order valence-electron chi connectivity index (χ1n) is 6.29. The second kappa shape index (κ2) is 6.72. The summed E-state index contributed by atoms with van der Waals surface area (Å²) < 4.78 is 5.14. The van der Waals surface area contributed by atoms with E-state index in [4.69, 9.17) is 9.84 Å². The van der Waals surface area contributed by atoms with Crippen LogP contribution in [0.1, 0.15) is 0 Å². The smallest absolute Gasteiger partial charge is 0.138 e. The molecule has 0 unspecified atom stereocenters. The van der Waals surface area contributed by atoms with Crippen LogP contribution in [0.3, 0.4) is 0 Å². The number of nitrogens with zero attached hydrogens (tertiary/aromatic N) is 3. The molecule has 0 spiro atoms. The first-order chi connectivity index (χ1) is 9.74. The largest absolute Gasteiger partial charge is 0.497 e. The predicted octanol–water partition coefficient (Wildman–Crippen LogP) is 1.66. The molecule has 0 atom stereocenters. The van der Waals surface area contributed by atoms with Gasteiger partial charge in [0.1, 0.15) is 23.7 Å². The van der Waals surface area contributed by atoms with E-state index in [-0.39, 0.29) is 6.61 Å². The SMILES string of the molecule is COc1ccc(N(C)c2cc(NCCO)ncn2)cc1. The van der Waals surface area contributed by atoms with Crippen molar-refractivity contribution in [3.05, 3.63) is 36.7 Å². The van der Waals surface area contributed by atoms with Crippen molar-refractivity contribution in [3.8, 4) is 5.75 Å². The minimum absolute atomic E-state index is 0.0632. The third-order valence-electron chi connectivity index (χ3n) is 2.87. The van der Waals surface area contributed by atoms with Crippen molar-refractivity contribution >= 4 is 17.3 Å². The van der Waals surface area contributed by atoms with E-state index >= 15 is 0 Å². The summed E-state index contributed by atoms with van der Waals surface area (Å²) in [6, 6.07) is 9.55. The van der Waals surface area contributed by atoms with Crippen LogP contribution in [0.4, 0.5) is 17.3 Å². The summed E-state index contributed by atoms with van der Waals surface area (Å²) in [5.41, 5.74) is 0.998. The van der Waals surface area contributed by atoms with Gasteiger partial charge in [-0.25, -0.2) is 9.97 Å². The van der Waals surface area contributed by atoms with Gasteiger partial charge in [-0.3, -0.25) is 0 Å². The standard InChI is InChI=1S/C14H18N4O2/c1-18(11-3-5-12(20-2)6-4-11)14-9-13(15-7-8-19)16-10-17-14/h3-6,9-10,19H,7-8H2,1-2H3,(H,15,16,17). The molecule has 106 valence electrons. The van der Waals surface area contributed by atoms with Gasteiger partial charge in [-0.2, -0.15) is 0 Å². The van der Waals surface area contributed by atoms with E-state index in [2.05, 4.69) is 15.3 Å². The first-order valence-corrected chi connectivity index (χ1v) is 6.29. The van der Waals surface area contributed by atoms with E-state index in [9.17, 15) is 0 Å². The first kappa shape index (κ1) is 14.1. The van der Waals surface area contributed by atoms with Crippen molar-refractivity contribution in [3.63, 3.8) is 0 Å². The van der Waals surface area contributed by atoms with Gasteiger partial charge >= 0.3 is 0 Å². The van der Waals surface area contributed by atoms with Gasteiger partial charge in [-0.15, -0.1) is 0 Å². The zero-order chi connectivity index (χ0) is 14.4. The Kier molecular flexibility index (Phi) is 4.73. The maximum atomic E-state index is 8.81. The number of nitrogens with one attached hydrogen (secondary N) is 1.